The lowest BCUT2D eigenvalue weighted by Gasteiger charge is -2.04. The molecule has 102 valence electrons. The molecule has 0 saturated carbocycles. The zero-order valence-electron chi connectivity index (χ0n) is 11.1. The maximum atomic E-state index is 13.0. The molecule has 0 atom stereocenters. The van der Waals surface area contributed by atoms with Crippen LogP contribution in [0.3, 0.4) is 0 Å². The van der Waals surface area contributed by atoms with Crippen LogP contribution < -0.4 is 5.32 Å². The molecule has 1 aromatic carbocycles. The maximum absolute atomic E-state index is 13.0. The first-order valence-corrected chi connectivity index (χ1v) is 6.27. The molecule has 20 heavy (non-hydrogen) atoms. The summed E-state index contributed by atoms with van der Waals surface area (Å²) in [4.78, 5) is 15.9. The van der Waals surface area contributed by atoms with Gasteiger partial charge in [-0.05, 0) is 42.3 Å². The van der Waals surface area contributed by atoms with E-state index in [4.69, 9.17) is 0 Å². The van der Waals surface area contributed by atoms with Gasteiger partial charge in [-0.25, -0.2) is 4.39 Å². The van der Waals surface area contributed by atoms with Crippen molar-refractivity contribution in [2.45, 2.75) is 13.5 Å². The number of benzene rings is 1. The predicted molar refractivity (Wildman–Crippen MR) is 76.3 cm³/mol. The third-order valence-corrected chi connectivity index (χ3v) is 2.82. The number of aryl methyl sites for hydroxylation is 1. The van der Waals surface area contributed by atoms with E-state index in [1.807, 2.05) is 19.1 Å². The molecule has 1 aromatic heterocycles. The van der Waals surface area contributed by atoms with Crippen LogP contribution in [0.25, 0.3) is 6.08 Å². The fraction of sp³-hybridized carbons (Fsp3) is 0.125. The van der Waals surface area contributed by atoms with Crippen LogP contribution in [0.4, 0.5) is 4.39 Å². The number of pyridine rings is 1. The van der Waals surface area contributed by atoms with Gasteiger partial charge in [-0.3, -0.25) is 9.78 Å². The summed E-state index contributed by atoms with van der Waals surface area (Å²) in [7, 11) is 0. The Morgan fingerprint density at radius 1 is 1.35 bits per heavy atom. The normalized spacial score (nSPS) is 10.7. The highest BCUT2D eigenvalue weighted by Gasteiger charge is 2.00. The molecule has 0 aliphatic heterocycles. The largest absolute Gasteiger partial charge is 0.347 e. The van der Waals surface area contributed by atoms with E-state index in [-0.39, 0.29) is 11.7 Å². The number of hydrogen-bond acceptors (Lipinski definition) is 2. The Kier molecular flexibility index (Phi) is 4.60. The molecular weight excluding hydrogens is 255 g/mol. The molecule has 4 heteroatoms. The van der Waals surface area contributed by atoms with Crippen LogP contribution in [-0.2, 0) is 11.3 Å². The van der Waals surface area contributed by atoms with Crippen molar-refractivity contribution in [3.63, 3.8) is 0 Å². The van der Waals surface area contributed by atoms with E-state index in [1.54, 1.807) is 24.4 Å². The number of amides is 1. The second-order valence-electron chi connectivity index (χ2n) is 4.37. The number of nitrogens with zero attached hydrogens (tertiary/aromatic N) is 1. The van der Waals surface area contributed by atoms with Crippen molar-refractivity contribution in [3.05, 3.63) is 71.3 Å². The van der Waals surface area contributed by atoms with Gasteiger partial charge in [0.2, 0.25) is 5.91 Å². The fourth-order valence-corrected chi connectivity index (χ4v) is 1.72. The van der Waals surface area contributed by atoms with Crippen LogP contribution >= 0.6 is 0 Å². The molecule has 1 heterocycles. The molecular formula is C16H15FN2O. The zero-order valence-corrected chi connectivity index (χ0v) is 11.1. The molecule has 1 N–H and O–H groups in total. The Morgan fingerprint density at radius 3 is 2.95 bits per heavy atom. The van der Waals surface area contributed by atoms with Crippen LogP contribution in [0.2, 0.25) is 0 Å². The summed E-state index contributed by atoms with van der Waals surface area (Å²) in [5.74, 6) is -0.559. The van der Waals surface area contributed by atoms with Crippen LogP contribution in [0, 0.1) is 12.7 Å². The standard InChI is InChI=1S/C16H15FN2O/c1-12-4-3-9-18-15(12)11-19-16(20)8-7-13-5-2-6-14(17)10-13/h2-10H,11H2,1H3,(H,19,20)/b8-7+. The van der Waals surface area contributed by atoms with Gasteiger partial charge in [-0.2, -0.15) is 0 Å². The SMILES string of the molecule is Cc1cccnc1CNC(=O)/C=C/c1cccc(F)c1. The second kappa shape index (κ2) is 6.61. The average Bonchev–Trinajstić information content (AvgIpc) is 2.44. The number of nitrogens with one attached hydrogen (secondary N) is 1. The van der Waals surface area contributed by atoms with Crippen molar-refractivity contribution >= 4 is 12.0 Å². The van der Waals surface area contributed by atoms with E-state index in [9.17, 15) is 9.18 Å². The Balaban J connectivity index is 1.91. The van der Waals surface area contributed by atoms with Crippen molar-refractivity contribution in [1.29, 1.82) is 0 Å². The highest BCUT2D eigenvalue weighted by molar-refractivity contribution is 5.91. The summed E-state index contributed by atoms with van der Waals surface area (Å²) < 4.78 is 13.0. The summed E-state index contributed by atoms with van der Waals surface area (Å²) in [5.41, 5.74) is 2.51. The van der Waals surface area contributed by atoms with Crippen LogP contribution in [0.1, 0.15) is 16.8 Å². The third kappa shape index (κ3) is 4.02. The first kappa shape index (κ1) is 13.9. The molecule has 0 aliphatic carbocycles. The van der Waals surface area contributed by atoms with E-state index >= 15 is 0 Å². The summed E-state index contributed by atoms with van der Waals surface area (Å²) in [6, 6.07) is 9.86. The van der Waals surface area contributed by atoms with Crippen molar-refractivity contribution in [2.75, 3.05) is 0 Å². The van der Waals surface area contributed by atoms with Gasteiger partial charge in [-0.1, -0.05) is 18.2 Å². The monoisotopic (exact) mass is 270 g/mol. The number of rotatable bonds is 4. The van der Waals surface area contributed by atoms with Crippen molar-refractivity contribution < 1.29 is 9.18 Å². The van der Waals surface area contributed by atoms with Gasteiger partial charge in [0.05, 0.1) is 12.2 Å². The second-order valence-corrected chi connectivity index (χ2v) is 4.37. The topological polar surface area (TPSA) is 42.0 Å². The fourth-order valence-electron chi connectivity index (χ4n) is 1.72. The van der Waals surface area contributed by atoms with Gasteiger partial charge in [0.25, 0.3) is 0 Å². The van der Waals surface area contributed by atoms with Gasteiger partial charge in [-0.15, -0.1) is 0 Å². The van der Waals surface area contributed by atoms with Gasteiger partial charge in [0.15, 0.2) is 0 Å². The number of hydrogen-bond donors (Lipinski definition) is 1. The Hall–Kier alpha value is -2.49. The van der Waals surface area contributed by atoms with E-state index in [0.29, 0.717) is 12.1 Å². The smallest absolute Gasteiger partial charge is 0.244 e. The quantitative estimate of drug-likeness (QED) is 0.868. The number of carbonyl (C=O) groups excluding carboxylic acids is 1. The minimum Gasteiger partial charge on any atom is -0.347 e. The molecule has 0 bridgehead atoms. The van der Waals surface area contributed by atoms with Crippen molar-refractivity contribution in [3.8, 4) is 0 Å². The molecule has 0 radical (unpaired) electrons. The molecule has 0 unspecified atom stereocenters. The minimum absolute atomic E-state index is 0.237. The van der Waals surface area contributed by atoms with Gasteiger partial charge >= 0.3 is 0 Å². The number of aromatic nitrogens is 1. The van der Waals surface area contributed by atoms with E-state index in [1.165, 1.54) is 18.2 Å². The Labute approximate surface area is 117 Å². The van der Waals surface area contributed by atoms with Gasteiger partial charge in [0.1, 0.15) is 5.82 Å². The number of carbonyl (C=O) groups is 1. The summed E-state index contributed by atoms with van der Waals surface area (Å²) in [6.45, 7) is 2.32. The lowest BCUT2D eigenvalue weighted by Crippen LogP contribution is -2.21. The lowest BCUT2D eigenvalue weighted by molar-refractivity contribution is -0.116. The summed E-state index contributed by atoms with van der Waals surface area (Å²) in [6.07, 6.45) is 4.65. The van der Waals surface area contributed by atoms with E-state index in [0.717, 1.165) is 11.3 Å². The van der Waals surface area contributed by atoms with E-state index in [2.05, 4.69) is 10.3 Å². The van der Waals surface area contributed by atoms with Crippen LogP contribution in [0.15, 0.2) is 48.7 Å². The molecule has 0 fully saturated rings. The highest BCUT2D eigenvalue weighted by Crippen LogP contribution is 2.05. The molecule has 0 spiro atoms. The summed E-state index contributed by atoms with van der Waals surface area (Å²) >= 11 is 0. The predicted octanol–water partition coefficient (Wildman–Crippen LogP) is 2.86. The molecule has 3 nitrogen and oxygen atoms in total. The first-order valence-electron chi connectivity index (χ1n) is 6.27. The minimum atomic E-state index is -0.323. The molecule has 0 aliphatic rings. The third-order valence-electron chi connectivity index (χ3n) is 2.82. The van der Waals surface area contributed by atoms with Crippen LogP contribution in [0.5, 0.6) is 0 Å². The zero-order chi connectivity index (χ0) is 14.4. The van der Waals surface area contributed by atoms with E-state index < -0.39 is 0 Å². The molecule has 2 rings (SSSR count). The van der Waals surface area contributed by atoms with Gasteiger partial charge in [0, 0.05) is 12.3 Å². The van der Waals surface area contributed by atoms with Crippen molar-refractivity contribution in [2.24, 2.45) is 0 Å². The van der Waals surface area contributed by atoms with Crippen molar-refractivity contribution in [1.82, 2.24) is 10.3 Å². The number of halogens is 1. The Morgan fingerprint density at radius 2 is 2.20 bits per heavy atom. The molecule has 2 aromatic rings. The first-order chi connectivity index (χ1) is 9.65. The lowest BCUT2D eigenvalue weighted by atomic mass is 10.2. The molecule has 0 saturated heterocycles. The summed E-state index contributed by atoms with van der Waals surface area (Å²) in [5, 5.41) is 2.74. The van der Waals surface area contributed by atoms with Crippen LogP contribution in [-0.4, -0.2) is 10.9 Å². The average molecular weight is 270 g/mol. The highest BCUT2D eigenvalue weighted by atomic mass is 19.1. The Bertz CT molecular complexity index is 638. The molecule has 1 amide bonds. The maximum Gasteiger partial charge on any atom is 0.244 e. The van der Waals surface area contributed by atoms with Gasteiger partial charge < -0.3 is 5.32 Å².